The van der Waals surface area contributed by atoms with E-state index in [2.05, 4.69) is 16.0 Å². The van der Waals surface area contributed by atoms with E-state index in [1.807, 2.05) is 0 Å². The number of rotatable bonds is 15. The average molecular weight is 803 g/mol. The number of aliphatic hydroxyl groups is 1. The smallest absolute Gasteiger partial charge is 0.373 e. The second-order valence-corrected chi connectivity index (χ2v) is 16.1. The molecule has 2 fully saturated rings. The molecule has 300 valence electrons. The number of nitrogens with zero attached hydrogens (tertiary/aromatic N) is 1. The predicted octanol–water partition coefficient (Wildman–Crippen LogP) is 5.18. The van der Waals surface area contributed by atoms with Crippen LogP contribution in [0, 0.1) is 5.82 Å². The standard InChI is InChI=1S/C41H43FN4O10S/c1-4-55-39(51)33(48)21-32(47)27-9-7-8-24(18-27)22-44-40(52)41(16-5-6-17-41)45-35(49)23-46(57(3,53)54)31-20-34-30(19-29(31)25-10-11-25)36(38(50)43-2)37(56-34)26-12-14-28(42)15-13-26/h7-9,12-15,18-21,25,48H,4-6,10-11,16-17,22-23H2,1-3H3,(H,43,50)(H,44,52)(H,45,49)/b33-21-. The number of fused-ring (bicyclic) bond motifs is 1. The van der Waals surface area contributed by atoms with Crippen molar-refractivity contribution < 1.29 is 51.0 Å². The van der Waals surface area contributed by atoms with E-state index in [-0.39, 0.29) is 47.2 Å². The zero-order valence-corrected chi connectivity index (χ0v) is 32.5. The Labute approximate surface area is 328 Å². The number of benzene rings is 3. The minimum absolute atomic E-state index is 0.0192. The number of ether oxygens (including phenoxy) is 1. The Balaban J connectivity index is 1.24. The first-order chi connectivity index (χ1) is 27.1. The zero-order valence-electron chi connectivity index (χ0n) is 31.6. The van der Waals surface area contributed by atoms with Crippen molar-refractivity contribution in [1.29, 1.82) is 0 Å². The van der Waals surface area contributed by atoms with Gasteiger partial charge in [-0.15, -0.1) is 0 Å². The summed E-state index contributed by atoms with van der Waals surface area (Å²) in [5, 5.41) is 18.6. The topological polar surface area (TPSA) is 201 Å². The molecule has 0 spiro atoms. The van der Waals surface area contributed by atoms with E-state index in [4.69, 9.17) is 9.15 Å². The summed E-state index contributed by atoms with van der Waals surface area (Å²) in [6.07, 6.45) is 5.13. The van der Waals surface area contributed by atoms with Crippen molar-refractivity contribution in [3.8, 4) is 11.3 Å². The summed E-state index contributed by atoms with van der Waals surface area (Å²) in [4.78, 5) is 65.3. The molecule has 0 bridgehead atoms. The second kappa shape index (κ2) is 16.6. The molecule has 1 aromatic heterocycles. The van der Waals surface area contributed by atoms with Crippen LogP contribution in [0.15, 0.2) is 76.9 Å². The van der Waals surface area contributed by atoms with Gasteiger partial charge in [0.25, 0.3) is 5.91 Å². The van der Waals surface area contributed by atoms with Gasteiger partial charge < -0.3 is 30.2 Å². The summed E-state index contributed by atoms with van der Waals surface area (Å²) in [5.74, 6) is -4.52. The molecule has 0 atom stereocenters. The summed E-state index contributed by atoms with van der Waals surface area (Å²) in [6, 6.07) is 14.9. The maximum atomic E-state index is 13.9. The van der Waals surface area contributed by atoms with Crippen LogP contribution < -0.4 is 20.3 Å². The van der Waals surface area contributed by atoms with Gasteiger partial charge in [-0.3, -0.25) is 23.5 Å². The lowest BCUT2D eigenvalue weighted by molar-refractivity contribution is -0.141. The van der Waals surface area contributed by atoms with Gasteiger partial charge in [-0.25, -0.2) is 17.6 Å². The SMILES string of the molecule is CCOC(=O)/C(O)=C/C(=O)c1cccc(CNC(=O)C2(NC(=O)CN(c3cc4oc(-c5ccc(F)cc5)c(C(=O)NC)c4cc3C3CC3)S(C)(=O)=O)CCCC2)c1. The highest BCUT2D eigenvalue weighted by Gasteiger charge is 2.43. The number of allylic oxidation sites excluding steroid dienone is 1. The molecule has 1 heterocycles. The van der Waals surface area contributed by atoms with E-state index >= 15 is 0 Å². The number of amides is 3. The van der Waals surface area contributed by atoms with Crippen LogP contribution in [0.5, 0.6) is 0 Å². The monoisotopic (exact) mass is 802 g/mol. The van der Waals surface area contributed by atoms with Gasteiger partial charge in [0.2, 0.25) is 27.6 Å². The molecule has 6 rings (SSSR count). The average Bonchev–Trinajstić information content (AvgIpc) is 3.80. The molecular formula is C41H43FN4O10S. The zero-order chi connectivity index (χ0) is 41.1. The lowest BCUT2D eigenvalue weighted by atomic mass is 9.95. The number of ketones is 1. The van der Waals surface area contributed by atoms with Crippen molar-refractivity contribution in [2.24, 2.45) is 0 Å². The Morgan fingerprint density at radius 2 is 1.74 bits per heavy atom. The molecule has 4 aromatic rings. The molecule has 57 heavy (non-hydrogen) atoms. The molecule has 3 amide bonds. The van der Waals surface area contributed by atoms with Crippen LogP contribution >= 0.6 is 0 Å². The number of furan rings is 1. The Morgan fingerprint density at radius 1 is 1.04 bits per heavy atom. The van der Waals surface area contributed by atoms with Crippen LogP contribution in [-0.2, 0) is 35.7 Å². The Bertz CT molecular complexity index is 2380. The third-order valence-electron chi connectivity index (χ3n) is 10.1. The number of anilines is 1. The van der Waals surface area contributed by atoms with Crippen LogP contribution in [0.3, 0.4) is 0 Å². The number of carbonyl (C=O) groups excluding carboxylic acids is 5. The van der Waals surface area contributed by atoms with E-state index < -0.39 is 63.2 Å². The molecule has 14 nitrogen and oxygen atoms in total. The van der Waals surface area contributed by atoms with Gasteiger partial charge in [0.1, 0.15) is 29.2 Å². The fourth-order valence-electron chi connectivity index (χ4n) is 7.10. The molecule has 4 N–H and O–H groups in total. The number of hydrogen-bond acceptors (Lipinski definition) is 10. The van der Waals surface area contributed by atoms with E-state index in [0.29, 0.717) is 47.8 Å². The van der Waals surface area contributed by atoms with Gasteiger partial charge in [0.15, 0.2) is 5.78 Å². The maximum absolute atomic E-state index is 13.9. The number of halogens is 1. The summed E-state index contributed by atoms with van der Waals surface area (Å²) < 4.78 is 52.6. The number of aliphatic hydroxyl groups excluding tert-OH is 1. The van der Waals surface area contributed by atoms with E-state index in [1.54, 1.807) is 25.1 Å². The highest BCUT2D eigenvalue weighted by atomic mass is 32.2. The van der Waals surface area contributed by atoms with Gasteiger partial charge in [-0.2, -0.15) is 0 Å². The molecule has 0 aliphatic heterocycles. The van der Waals surface area contributed by atoms with Gasteiger partial charge in [-0.05, 0) is 86.1 Å². The Kier molecular flexibility index (Phi) is 11.8. The normalized spacial score (nSPS) is 15.2. The van der Waals surface area contributed by atoms with E-state index in [0.717, 1.165) is 29.5 Å². The lowest BCUT2D eigenvalue weighted by Gasteiger charge is -2.31. The van der Waals surface area contributed by atoms with Crippen LogP contribution in [0.1, 0.15) is 83.2 Å². The fourth-order valence-corrected chi connectivity index (χ4v) is 7.97. The summed E-state index contributed by atoms with van der Waals surface area (Å²) in [6.45, 7) is 0.908. The summed E-state index contributed by atoms with van der Waals surface area (Å²) >= 11 is 0. The van der Waals surface area contributed by atoms with Gasteiger partial charge in [0, 0.05) is 42.2 Å². The van der Waals surface area contributed by atoms with Crippen molar-refractivity contribution in [2.45, 2.75) is 63.5 Å². The first kappa shape index (κ1) is 40.6. The highest BCUT2D eigenvalue weighted by molar-refractivity contribution is 7.92. The van der Waals surface area contributed by atoms with Crippen molar-refractivity contribution in [2.75, 3.05) is 30.8 Å². The molecule has 2 aliphatic carbocycles. The molecule has 2 saturated carbocycles. The summed E-state index contributed by atoms with van der Waals surface area (Å²) in [5.41, 5.74) is 0.984. The van der Waals surface area contributed by atoms with Crippen molar-refractivity contribution >= 4 is 56.2 Å². The van der Waals surface area contributed by atoms with Crippen LogP contribution in [0.2, 0.25) is 0 Å². The highest BCUT2D eigenvalue weighted by Crippen LogP contribution is 2.48. The second-order valence-electron chi connectivity index (χ2n) is 14.2. The lowest BCUT2D eigenvalue weighted by Crippen LogP contribution is -2.58. The largest absolute Gasteiger partial charge is 0.502 e. The van der Waals surface area contributed by atoms with Gasteiger partial charge >= 0.3 is 5.97 Å². The minimum Gasteiger partial charge on any atom is -0.502 e. The van der Waals surface area contributed by atoms with Crippen LogP contribution in [0.4, 0.5) is 10.1 Å². The Hall–Kier alpha value is -6.03. The van der Waals surface area contributed by atoms with Gasteiger partial charge in [-0.1, -0.05) is 31.0 Å². The number of hydrogen-bond donors (Lipinski definition) is 4. The number of sulfonamides is 1. The quantitative estimate of drug-likeness (QED) is 0.0538. The number of esters is 1. The first-order valence-corrected chi connectivity index (χ1v) is 20.4. The minimum atomic E-state index is -4.10. The molecule has 0 unspecified atom stereocenters. The maximum Gasteiger partial charge on any atom is 0.373 e. The molecule has 0 radical (unpaired) electrons. The van der Waals surface area contributed by atoms with Crippen molar-refractivity contribution in [3.05, 3.63) is 101 Å². The third-order valence-corrected chi connectivity index (χ3v) is 11.2. The van der Waals surface area contributed by atoms with Crippen molar-refractivity contribution in [3.63, 3.8) is 0 Å². The van der Waals surface area contributed by atoms with Crippen molar-refractivity contribution in [1.82, 2.24) is 16.0 Å². The first-order valence-electron chi connectivity index (χ1n) is 18.5. The molecule has 0 saturated heterocycles. The third kappa shape index (κ3) is 9.01. The van der Waals surface area contributed by atoms with Crippen LogP contribution in [-0.4, -0.2) is 75.0 Å². The fraction of sp³-hybridized carbons (Fsp3) is 0.341. The van der Waals surface area contributed by atoms with Gasteiger partial charge in [0.05, 0.1) is 24.1 Å². The Morgan fingerprint density at radius 3 is 2.37 bits per heavy atom. The predicted molar refractivity (Wildman–Crippen MR) is 208 cm³/mol. The number of carbonyl (C=O) groups is 5. The molecule has 3 aromatic carbocycles. The molecular weight excluding hydrogens is 760 g/mol. The molecule has 16 heteroatoms. The van der Waals surface area contributed by atoms with Crippen LogP contribution in [0.25, 0.3) is 22.3 Å². The van der Waals surface area contributed by atoms with E-state index in [1.165, 1.54) is 49.5 Å². The summed E-state index contributed by atoms with van der Waals surface area (Å²) in [7, 11) is -2.63. The number of nitrogens with one attached hydrogen (secondary N) is 3. The van der Waals surface area contributed by atoms with E-state index in [9.17, 15) is 41.9 Å². The molecule has 2 aliphatic rings.